The van der Waals surface area contributed by atoms with E-state index in [4.69, 9.17) is 14.5 Å². The zero-order valence-electron chi connectivity index (χ0n) is 23.4. The van der Waals surface area contributed by atoms with Crippen molar-refractivity contribution in [2.24, 2.45) is 4.99 Å². The summed E-state index contributed by atoms with van der Waals surface area (Å²) in [6.07, 6.45) is 1.83. The fourth-order valence-electron chi connectivity index (χ4n) is 4.42. The molecule has 0 aliphatic carbocycles. The number of amidine groups is 1. The van der Waals surface area contributed by atoms with Crippen LogP contribution in [0.4, 0.5) is 11.4 Å². The van der Waals surface area contributed by atoms with Crippen LogP contribution in [-0.4, -0.2) is 35.1 Å². The lowest BCUT2D eigenvalue weighted by Crippen LogP contribution is -2.32. The Hall–Kier alpha value is -4.82. The molecule has 0 spiro atoms. The number of aliphatic imine (C=N–C) groups is 1. The largest absolute Gasteiger partial charge is 0.490 e. The SMILES string of the molecule is CCOc1cc(/C=C2/SC(=Nc3ccccc3)N([C@H](C)c3ccccc3)C2=O)ccc1OCC(=O)Nc1ccccc1. The number of hydrogen-bond donors (Lipinski definition) is 1. The van der Waals surface area contributed by atoms with Crippen molar-refractivity contribution in [1.82, 2.24) is 4.90 Å². The first-order valence-electron chi connectivity index (χ1n) is 13.7. The van der Waals surface area contributed by atoms with E-state index < -0.39 is 0 Å². The van der Waals surface area contributed by atoms with Gasteiger partial charge in [0.2, 0.25) is 0 Å². The number of thioether (sulfide) groups is 1. The van der Waals surface area contributed by atoms with Crippen LogP contribution in [0.1, 0.15) is 31.0 Å². The quantitative estimate of drug-likeness (QED) is 0.198. The lowest BCUT2D eigenvalue weighted by atomic mass is 10.1. The van der Waals surface area contributed by atoms with Crippen LogP contribution in [0, 0.1) is 0 Å². The van der Waals surface area contributed by atoms with E-state index in [0.29, 0.717) is 33.9 Å². The molecular weight excluding hydrogens is 546 g/mol. The minimum Gasteiger partial charge on any atom is -0.490 e. The topological polar surface area (TPSA) is 80.2 Å². The molecule has 7 nitrogen and oxygen atoms in total. The number of ether oxygens (including phenoxy) is 2. The summed E-state index contributed by atoms with van der Waals surface area (Å²) in [5.41, 5.74) is 3.26. The number of para-hydroxylation sites is 2. The second-order valence-corrected chi connectivity index (χ2v) is 10.5. The van der Waals surface area contributed by atoms with Crippen molar-refractivity contribution >= 4 is 46.2 Å². The molecule has 1 aliphatic rings. The highest BCUT2D eigenvalue weighted by Crippen LogP contribution is 2.40. The number of hydrogen-bond acceptors (Lipinski definition) is 6. The Morgan fingerprint density at radius 3 is 2.26 bits per heavy atom. The van der Waals surface area contributed by atoms with Crippen LogP contribution >= 0.6 is 11.8 Å². The highest BCUT2D eigenvalue weighted by molar-refractivity contribution is 8.18. The van der Waals surface area contributed by atoms with Crippen LogP contribution in [0.25, 0.3) is 6.08 Å². The predicted octanol–water partition coefficient (Wildman–Crippen LogP) is 7.47. The van der Waals surface area contributed by atoms with Crippen LogP contribution < -0.4 is 14.8 Å². The molecule has 5 rings (SSSR count). The van der Waals surface area contributed by atoms with E-state index in [2.05, 4.69) is 5.32 Å². The summed E-state index contributed by atoms with van der Waals surface area (Å²) in [6.45, 7) is 4.12. The van der Waals surface area contributed by atoms with Crippen LogP contribution in [0.3, 0.4) is 0 Å². The van der Waals surface area contributed by atoms with Gasteiger partial charge in [0.1, 0.15) is 0 Å². The van der Waals surface area contributed by atoms with E-state index in [1.165, 1.54) is 11.8 Å². The van der Waals surface area contributed by atoms with E-state index in [0.717, 1.165) is 16.8 Å². The number of amides is 2. The van der Waals surface area contributed by atoms with Crippen LogP contribution in [0.2, 0.25) is 0 Å². The third-order valence-electron chi connectivity index (χ3n) is 6.47. The van der Waals surface area contributed by atoms with Gasteiger partial charge in [0.05, 0.1) is 23.2 Å². The molecule has 1 N–H and O–H groups in total. The summed E-state index contributed by atoms with van der Waals surface area (Å²) in [7, 11) is 0. The molecule has 0 saturated carbocycles. The Labute approximate surface area is 249 Å². The highest BCUT2D eigenvalue weighted by atomic mass is 32.2. The third-order valence-corrected chi connectivity index (χ3v) is 7.45. The molecule has 1 aliphatic heterocycles. The number of rotatable bonds is 10. The maximum absolute atomic E-state index is 13.8. The zero-order valence-corrected chi connectivity index (χ0v) is 24.2. The summed E-state index contributed by atoms with van der Waals surface area (Å²) in [5.74, 6) is 0.531. The molecule has 0 unspecified atom stereocenters. The Kier molecular flexibility index (Phi) is 9.36. The maximum Gasteiger partial charge on any atom is 0.267 e. The second-order valence-electron chi connectivity index (χ2n) is 9.44. The van der Waals surface area contributed by atoms with Gasteiger partial charge >= 0.3 is 0 Å². The molecule has 1 heterocycles. The molecular formula is C34H31N3O4S. The number of carbonyl (C=O) groups excluding carboxylic acids is 2. The van der Waals surface area contributed by atoms with Crippen LogP contribution in [-0.2, 0) is 9.59 Å². The predicted molar refractivity (Wildman–Crippen MR) is 169 cm³/mol. The Balaban J connectivity index is 1.38. The van der Waals surface area contributed by atoms with E-state index in [-0.39, 0.29) is 24.5 Å². The Bertz CT molecular complexity index is 1590. The average molecular weight is 578 g/mol. The highest BCUT2D eigenvalue weighted by Gasteiger charge is 2.37. The molecule has 4 aromatic rings. The first-order valence-corrected chi connectivity index (χ1v) is 14.5. The monoisotopic (exact) mass is 577 g/mol. The number of benzene rings is 4. The van der Waals surface area contributed by atoms with Crippen molar-refractivity contribution in [3.05, 3.63) is 125 Å². The molecule has 212 valence electrons. The first kappa shape index (κ1) is 28.7. The minimum atomic E-state index is -0.277. The minimum absolute atomic E-state index is 0.123. The first-order chi connectivity index (χ1) is 20.5. The Morgan fingerprint density at radius 2 is 1.57 bits per heavy atom. The van der Waals surface area contributed by atoms with Gasteiger partial charge in [-0.15, -0.1) is 0 Å². The molecule has 1 atom stereocenters. The summed E-state index contributed by atoms with van der Waals surface area (Å²) in [6, 6.07) is 33.9. The van der Waals surface area contributed by atoms with Gasteiger partial charge in [0.25, 0.3) is 11.8 Å². The number of nitrogens with zero attached hydrogens (tertiary/aromatic N) is 2. The van der Waals surface area contributed by atoms with Gasteiger partial charge < -0.3 is 14.8 Å². The number of carbonyl (C=O) groups is 2. The number of anilines is 1. The third kappa shape index (κ3) is 7.08. The van der Waals surface area contributed by atoms with Gasteiger partial charge in [-0.2, -0.15) is 0 Å². The molecule has 0 aromatic heterocycles. The number of nitrogens with one attached hydrogen (secondary N) is 1. The van der Waals surface area contributed by atoms with E-state index in [1.807, 2.05) is 123 Å². The standard InChI is InChI=1S/C34H31N3O4S/c1-3-40-30-21-25(19-20-29(30)41-23-32(38)35-27-15-9-5-10-16-27)22-31-33(39)37(24(2)26-13-7-4-8-14-26)34(42-31)36-28-17-11-6-12-18-28/h4-22,24H,3,23H2,1-2H3,(H,35,38)/b31-22+,36-34?/t24-/m1/s1. The molecule has 8 heteroatoms. The van der Waals surface area contributed by atoms with Gasteiger partial charge in [-0.05, 0) is 79.2 Å². The van der Waals surface area contributed by atoms with E-state index >= 15 is 0 Å². The lowest BCUT2D eigenvalue weighted by Gasteiger charge is -2.24. The lowest BCUT2D eigenvalue weighted by molar-refractivity contribution is -0.123. The van der Waals surface area contributed by atoms with Gasteiger partial charge in [-0.3, -0.25) is 14.5 Å². The van der Waals surface area contributed by atoms with Gasteiger partial charge in [-0.1, -0.05) is 72.8 Å². The molecule has 4 aromatic carbocycles. The van der Waals surface area contributed by atoms with Crippen molar-refractivity contribution < 1.29 is 19.1 Å². The van der Waals surface area contributed by atoms with Gasteiger partial charge in [0.15, 0.2) is 23.3 Å². The molecule has 1 saturated heterocycles. The summed E-state index contributed by atoms with van der Waals surface area (Å²) < 4.78 is 11.6. The smallest absolute Gasteiger partial charge is 0.267 e. The zero-order chi connectivity index (χ0) is 29.3. The van der Waals surface area contributed by atoms with Crippen LogP contribution in [0.5, 0.6) is 11.5 Å². The normalized spacial score (nSPS) is 15.6. The van der Waals surface area contributed by atoms with E-state index in [9.17, 15) is 9.59 Å². The van der Waals surface area contributed by atoms with Crippen molar-refractivity contribution in [1.29, 1.82) is 0 Å². The van der Waals surface area contributed by atoms with E-state index in [1.54, 1.807) is 11.0 Å². The molecule has 1 fully saturated rings. The summed E-state index contributed by atoms with van der Waals surface area (Å²) in [5, 5.41) is 3.42. The second kappa shape index (κ2) is 13.7. The van der Waals surface area contributed by atoms with Gasteiger partial charge in [0, 0.05) is 5.69 Å². The fourth-order valence-corrected chi connectivity index (χ4v) is 5.48. The molecule has 2 amide bonds. The fraction of sp³-hybridized carbons (Fsp3) is 0.147. The Morgan fingerprint density at radius 1 is 0.905 bits per heavy atom. The summed E-state index contributed by atoms with van der Waals surface area (Å²) >= 11 is 1.34. The van der Waals surface area contributed by atoms with Crippen LogP contribution in [0.15, 0.2) is 119 Å². The molecule has 42 heavy (non-hydrogen) atoms. The molecule has 0 bridgehead atoms. The van der Waals surface area contributed by atoms with Crippen molar-refractivity contribution in [3.8, 4) is 11.5 Å². The molecule has 0 radical (unpaired) electrons. The van der Waals surface area contributed by atoms with Gasteiger partial charge in [-0.25, -0.2) is 4.99 Å². The maximum atomic E-state index is 13.8. The van der Waals surface area contributed by atoms with Crippen molar-refractivity contribution in [3.63, 3.8) is 0 Å². The average Bonchev–Trinajstić information content (AvgIpc) is 3.31. The summed E-state index contributed by atoms with van der Waals surface area (Å²) in [4.78, 5) is 33.3. The van der Waals surface area contributed by atoms with Crippen molar-refractivity contribution in [2.45, 2.75) is 19.9 Å². The van der Waals surface area contributed by atoms with Crippen molar-refractivity contribution in [2.75, 3.05) is 18.5 Å².